The SMILES string of the molecule is COS(=O)(=O)[O-].CO[C@H]1c2oc(-c3ccccc3)[n+](C)c2CN(S(=O)(=O)c2ccccc2)[C@H]1C. The molecule has 1 aliphatic heterocycles. The molecule has 3 aromatic rings. The van der Waals surface area contributed by atoms with E-state index in [9.17, 15) is 21.4 Å². The molecular weight excluding hydrogens is 484 g/mol. The van der Waals surface area contributed by atoms with Crippen molar-refractivity contribution in [1.29, 1.82) is 0 Å². The van der Waals surface area contributed by atoms with E-state index in [4.69, 9.17) is 9.15 Å². The van der Waals surface area contributed by atoms with Crippen LogP contribution in [0, 0.1) is 0 Å². The normalized spacial score (nSPS) is 18.6. The number of fused-ring (bicyclic) bond motifs is 1. The minimum atomic E-state index is -4.41. The van der Waals surface area contributed by atoms with E-state index in [0.717, 1.165) is 18.4 Å². The Morgan fingerprint density at radius 3 is 2.03 bits per heavy atom. The molecule has 34 heavy (non-hydrogen) atoms. The fraction of sp³-hybridized carbons (Fsp3) is 0.318. The first-order valence-corrected chi connectivity index (χ1v) is 13.0. The van der Waals surface area contributed by atoms with Gasteiger partial charge in [-0.3, -0.25) is 4.18 Å². The number of oxazole rings is 1. The number of benzene rings is 2. The average Bonchev–Trinajstić information content (AvgIpc) is 3.15. The highest BCUT2D eigenvalue weighted by molar-refractivity contribution is 7.89. The zero-order valence-electron chi connectivity index (χ0n) is 19.1. The highest BCUT2D eigenvalue weighted by Crippen LogP contribution is 2.38. The van der Waals surface area contributed by atoms with E-state index in [0.29, 0.717) is 11.7 Å². The predicted molar refractivity (Wildman–Crippen MR) is 120 cm³/mol. The highest BCUT2D eigenvalue weighted by Gasteiger charge is 2.47. The van der Waals surface area contributed by atoms with E-state index < -0.39 is 32.6 Å². The summed E-state index contributed by atoms with van der Waals surface area (Å²) in [6.45, 7) is 2.07. The van der Waals surface area contributed by atoms with Gasteiger partial charge in [-0.1, -0.05) is 36.4 Å². The number of methoxy groups -OCH3 is 1. The lowest BCUT2D eigenvalue weighted by atomic mass is 10.0. The molecule has 1 aliphatic rings. The Labute approximate surface area is 199 Å². The van der Waals surface area contributed by atoms with Crippen LogP contribution < -0.4 is 4.57 Å². The standard InChI is InChI=1S/C21H23N2O4S.CH4O4S/c1-15-19(26-3)20-18(22(2)21(27-20)16-10-6-4-7-11-16)14-23(15)28(24,25)17-12-8-5-9-13-17;1-5-6(2,3)4/h4-13,15,19H,14H2,1-3H3;1H3,(H,2,3,4)/q+1;/p-1/t15-,19+;/m0./s1. The fourth-order valence-corrected chi connectivity index (χ4v) is 5.37. The number of aromatic nitrogens is 1. The van der Waals surface area contributed by atoms with Crippen molar-refractivity contribution in [3.8, 4) is 11.5 Å². The van der Waals surface area contributed by atoms with Crippen LogP contribution in [0.15, 0.2) is 70.0 Å². The highest BCUT2D eigenvalue weighted by atomic mass is 32.3. The molecule has 0 bridgehead atoms. The molecule has 2 atom stereocenters. The van der Waals surface area contributed by atoms with Crippen LogP contribution in [0.4, 0.5) is 0 Å². The van der Waals surface area contributed by atoms with E-state index in [1.165, 1.54) is 4.31 Å². The third-order valence-electron chi connectivity index (χ3n) is 5.49. The van der Waals surface area contributed by atoms with Crippen LogP contribution >= 0.6 is 0 Å². The first-order chi connectivity index (χ1) is 16.0. The van der Waals surface area contributed by atoms with Crippen LogP contribution in [0.2, 0.25) is 0 Å². The molecule has 0 unspecified atom stereocenters. The molecule has 10 nitrogen and oxygen atoms in total. The minimum absolute atomic E-state index is 0.223. The van der Waals surface area contributed by atoms with Gasteiger partial charge in [-0.2, -0.15) is 8.87 Å². The molecule has 1 aromatic heterocycles. The number of nitrogens with zero attached hydrogens (tertiary/aromatic N) is 2. The van der Waals surface area contributed by atoms with Gasteiger partial charge in [0.25, 0.3) is 0 Å². The number of hydrogen-bond donors (Lipinski definition) is 0. The summed E-state index contributed by atoms with van der Waals surface area (Å²) in [4.78, 5) is 0.273. The zero-order chi connectivity index (χ0) is 25.1. The molecule has 0 radical (unpaired) electrons. The summed E-state index contributed by atoms with van der Waals surface area (Å²) in [5, 5.41) is 0. The maximum atomic E-state index is 13.3. The van der Waals surface area contributed by atoms with Crippen LogP contribution in [0.3, 0.4) is 0 Å². The monoisotopic (exact) mass is 510 g/mol. The van der Waals surface area contributed by atoms with Gasteiger partial charge >= 0.3 is 5.89 Å². The molecule has 184 valence electrons. The van der Waals surface area contributed by atoms with E-state index in [1.807, 2.05) is 48.9 Å². The van der Waals surface area contributed by atoms with Gasteiger partial charge in [-0.25, -0.2) is 16.8 Å². The van der Waals surface area contributed by atoms with Crippen LogP contribution in [-0.2, 0) is 42.9 Å². The third-order valence-corrected chi connectivity index (χ3v) is 7.84. The molecule has 0 saturated carbocycles. The number of sulfonamides is 1. The Hall–Kier alpha value is -2.61. The van der Waals surface area contributed by atoms with Crippen LogP contribution in [0.25, 0.3) is 11.5 Å². The van der Waals surface area contributed by atoms with Crippen molar-refractivity contribution >= 4 is 20.4 Å². The quantitative estimate of drug-likeness (QED) is 0.290. The summed E-state index contributed by atoms with van der Waals surface area (Å²) in [5.41, 5.74) is 1.72. The summed E-state index contributed by atoms with van der Waals surface area (Å²) in [6, 6.07) is 17.8. The van der Waals surface area contributed by atoms with Crippen molar-refractivity contribution in [1.82, 2.24) is 4.31 Å². The average molecular weight is 511 g/mol. The van der Waals surface area contributed by atoms with Gasteiger partial charge in [-0.05, 0) is 31.2 Å². The molecule has 0 N–H and O–H groups in total. The lowest BCUT2D eigenvalue weighted by Gasteiger charge is -2.34. The van der Waals surface area contributed by atoms with Gasteiger partial charge in [0.05, 0.1) is 23.6 Å². The molecule has 2 heterocycles. The van der Waals surface area contributed by atoms with Crippen molar-refractivity contribution in [3.63, 3.8) is 0 Å². The van der Waals surface area contributed by atoms with Gasteiger partial charge in [0.2, 0.25) is 31.9 Å². The lowest BCUT2D eigenvalue weighted by Crippen LogP contribution is -2.49. The maximum Gasteiger partial charge on any atom is 0.380 e. The molecule has 0 spiro atoms. The van der Waals surface area contributed by atoms with Crippen LogP contribution in [0.1, 0.15) is 24.5 Å². The van der Waals surface area contributed by atoms with Crippen molar-refractivity contribution in [2.24, 2.45) is 7.05 Å². The summed E-state index contributed by atoms with van der Waals surface area (Å²) in [5.74, 6) is 1.36. The topological polar surface area (TPSA) is 130 Å². The van der Waals surface area contributed by atoms with Gasteiger partial charge in [0.15, 0.2) is 0 Å². The van der Waals surface area contributed by atoms with Crippen LogP contribution in [0.5, 0.6) is 0 Å². The number of rotatable bonds is 5. The molecule has 2 aromatic carbocycles. The van der Waals surface area contributed by atoms with Crippen molar-refractivity contribution in [2.45, 2.75) is 30.5 Å². The van der Waals surface area contributed by atoms with E-state index in [1.54, 1.807) is 37.4 Å². The second-order valence-electron chi connectivity index (χ2n) is 7.48. The minimum Gasteiger partial charge on any atom is -0.726 e. The molecule has 0 saturated heterocycles. The second kappa shape index (κ2) is 10.3. The largest absolute Gasteiger partial charge is 0.726 e. The molecule has 0 aliphatic carbocycles. The Morgan fingerprint density at radius 1 is 1.00 bits per heavy atom. The zero-order valence-corrected chi connectivity index (χ0v) is 20.7. The Bertz CT molecular complexity index is 1320. The van der Waals surface area contributed by atoms with Gasteiger partial charge in [0.1, 0.15) is 19.7 Å². The Morgan fingerprint density at radius 2 is 1.53 bits per heavy atom. The van der Waals surface area contributed by atoms with Gasteiger partial charge in [-0.15, -0.1) is 0 Å². The van der Waals surface area contributed by atoms with Gasteiger partial charge < -0.3 is 13.7 Å². The number of ether oxygens (including phenoxy) is 1. The number of hydrogen-bond acceptors (Lipinski definition) is 8. The lowest BCUT2D eigenvalue weighted by molar-refractivity contribution is -0.671. The first-order valence-electron chi connectivity index (χ1n) is 10.2. The van der Waals surface area contributed by atoms with Crippen molar-refractivity contribution in [3.05, 3.63) is 72.1 Å². The van der Waals surface area contributed by atoms with E-state index in [-0.39, 0.29) is 11.4 Å². The summed E-state index contributed by atoms with van der Waals surface area (Å²) in [6.07, 6.45) is -0.495. The predicted octanol–water partition coefficient (Wildman–Crippen LogP) is 2.14. The molecule has 0 fully saturated rings. The first kappa shape index (κ1) is 26.0. The maximum absolute atomic E-state index is 13.3. The molecule has 12 heteroatoms. The van der Waals surface area contributed by atoms with Crippen molar-refractivity contribution < 1.29 is 39.3 Å². The molecule has 0 amide bonds. The molecule has 4 rings (SSSR count). The second-order valence-corrected chi connectivity index (χ2v) is 10.5. The van der Waals surface area contributed by atoms with E-state index >= 15 is 0 Å². The van der Waals surface area contributed by atoms with Gasteiger partial charge in [0, 0.05) is 7.11 Å². The third kappa shape index (κ3) is 5.37. The Kier molecular flexibility index (Phi) is 7.91. The fourth-order valence-electron chi connectivity index (χ4n) is 3.76. The summed E-state index contributed by atoms with van der Waals surface area (Å²) in [7, 11) is -3.81. The van der Waals surface area contributed by atoms with E-state index in [2.05, 4.69) is 4.18 Å². The summed E-state index contributed by atoms with van der Waals surface area (Å²) < 4.78 is 72.9. The van der Waals surface area contributed by atoms with Crippen LogP contribution in [-0.4, -0.2) is 46.0 Å². The molecular formula is C22H26N2O8S2. The Balaban J connectivity index is 0.000000481. The van der Waals surface area contributed by atoms with Crippen molar-refractivity contribution in [2.75, 3.05) is 14.2 Å². The smallest absolute Gasteiger partial charge is 0.380 e. The summed E-state index contributed by atoms with van der Waals surface area (Å²) >= 11 is 0.